The van der Waals surface area contributed by atoms with Gasteiger partial charge in [0.2, 0.25) is 0 Å². The predicted molar refractivity (Wildman–Crippen MR) is 146 cm³/mol. The van der Waals surface area contributed by atoms with E-state index >= 15 is 0 Å². The predicted octanol–water partition coefficient (Wildman–Crippen LogP) is 6.99. The summed E-state index contributed by atoms with van der Waals surface area (Å²) in [5, 5.41) is 8.72. The van der Waals surface area contributed by atoms with Crippen LogP contribution >= 0.6 is 15.9 Å². The van der Waals surface area contributed by atoms with Gasteiger partial charge >= 0.3 is 0 Å². The maximum atomic E-state index is 13.1. The molecule has 6 nitrogen and oxygen atoms in total. The van der Waals surface area contributed by atoms with Crippen LogP contribution in [0.4, 0.5) is 17.1 Å². The number of hydrogen-bond donors (Lipinski definition) is 2. The Morgan fingerprint density at radius 3 is 2.69 bits per heavy atom. The minimum absolute atomic E-state index is 0.141. The first-order chi connectivity index (χ1) is 17.7. The van der Waals surface area contributed by atoms with Gasteiger partial charge in [0.15, 0.2) is 5.75 Å². The summed E-state index contributed by atoms with van der Waals surface area (Å²) in [5.74, 6) is 0.563. The van der Waals surface area contributed by atoms with Crippen LogP contribution in [-0.4, -0.2) is 22.5 Å². The average molecular weight is 537 g/mol. The number of ether oxygens (including phenoxy) is 1. The van der Waals surface area contributed by atoms with Gasteiger partial charge in [-0.1, -0.05) is 30.3 Å². The van der Waals surface area contributed by atoms with Crippen LogP contribution in [0.1, 0.15) is 15.9 Å². The van der Waals surface area contributed by atoms with Crippen LogP contribution in [0.5, 0.6) is 5.75 Å². The first kappa shape index (κ1) is 22.2. The van der Waals surface area contributed by atoms with Gasteiger partial charge in [0.05, 0.1) is 29.2 Å². The fraction of sp³-hybridized carbons (Fsp3) is 0.0690. The number of benzene rings is 3. The van der Waals surface area contributed by atoms with Crippen LogP contribution in [0, 0.1) is 0 Å². The Labute approximate surface area is 216 Å². The molecule has 1 amide bonds. The number of carbonyl (C=O) groups is 1. The Hall–Kier alpha value is -4.23. The average Bonchev–Trinajstić information content (AvgIpc) is 3.04. The lowest BCUT2D eigenvalue weighted by Crippen LogP contribution is -2.11. The Balaban J connectivity index is 1.26. The molecule has 0 atom stereocenters. The molecule has 36 heavy (non-hydrogen) atoms. The maximum Gasteiger partial charge on any atom is 0.257 e. The molecule has 0 spiro atoms. The zero-order valence-electron chi connectivity index (χ0n) is 19.2. The normalized spacial score (nSPS) is 12.2. The number of amides is 1. The van der Waals surface area contributed by atoms with Crippen molar-refractivity contribution in [3.63, 3.8) is 0 Å². The van der Waals surface area contributed by atoms with Crippen molar-refractivity contribution in [2.24, 2.45) is 0 Å². The number of rotatable bonds is 5. The molecule has 0 bridgehead atoms. The van der Waals surface area contributed by atoms with Crippen LogP contribution < -0.4 is 15.4 Å². The minimum atomic E-state index is -0.141. The lowest BCUT2D eigenvalue weighted by Gasteiger charge is -2.13. The van der Waals surface area contributed by atoms with Gasteiger partial charge in [-0.3, -0.25) is 9.78 Å². The summed E-state index contributed by atoms with van der Waals surface area (Å²) < 4.78 is 6.53. The van der Waals surface area contributed by atoms with Gasteiger partial charge in [-0.25, -0.2) is 4.98 Å². The van der Waals surface area contributed by atoms with E-state index in [1.165, 1.54) is 0 Å². The van der Waals surface area contributed by atoms with Crippen LogP contribution in [-0.2, 0) is 6.42 Å². The highest BCUT2D eigenvalue weighted by Gasteiger charge is 2.20. The van der Waals surface area contributed by atoms with Gasteiger partial charge in [-0.15, -0.1) is 0 Å². The zero-order chi connectivity index (χ0) is 24.5. The molecule has 5 aromatic rings. The first-order valence-corrected chi connectivity index (χ1v) is 12.4. The van der Waals surface area contributed by atoms with E-state index in [4.69, 9.17) is 4.74 Å². The lowest BCUT2D eigenvalue weighted by atomic mass is 9.97. The number of pyridine rings is 2. The van der Waals surface area contributed by atoms with Gasteiger partial charge in [0.1, 0.15) is 4.60 Å². The van der Waals surface area contributed by atoms with Gasteiger partial charge in [0.25, 0.3) is 5.91 Å². The molecule has 0 fully saturated rings. The summed E-state index contributed by atoms with van der Waals surface area (Å²) in [6.07, 6.45) is 6.06. The van der Waals surface area contributed by atoms with Crippen molar-refractivity contribution < 1.29 is 9.53 Å². The third-order valence-electron chi connectivity index (χ3n) is 6.23. The molecular weight excluding hydrogens is 516 g/mol. The summed E-state index contributed by atoms with van der Waals surface area (Å²) in [6, 6.07) is 23.8. The zero-order valence-corrected chi connectivity index (χ0v) is 20.7. The third-order valence-corrected chi connectivity index (χ3v) is 6.83. The molecule has 0 unspecified atom stereocenters. The van der Waals surface area contributed by atoms with E-state index in [0.29, 0.717) is 28.9 Å². The molecule has 7 heteroatoms. The molecule has 3 aromatic carbocycles. The molecule has 2 aromatic heterocycles. The summed E-state index contributed by atoms with van der Waals surface area (Å²) >= 11 is 3.40. The number of carbonyl (C=O) groups excluding carboxylic acids is 1. The Morgan fingerprint density at radius 2 is 1.78 bits per heavy atom. The van der Waals surface area contributed by atoms with E-state index in [0.717, 1.165) is 44.5 Å². The second-order valence-electron chi connectivity index (χ2n) is 8.51. The van der Waals surface area contributed by atoms with E-state index in [1.807, 2.05) is 66.9 Å². The quantitative estimate of drug-likeness (QED) is 0.237. The SMILES string of the molecule is O=C1Nc2cc(CCOc3cccnc3Br)ccc2Nc2cc(-c3cccc4cnccc34)ccc21. The van der Waals surface area contributed by atoms with Gasteiger partial charge in [-0.2, -0.15) is 0 Å². The molecule has 0 radical (unpaired) electrons. The number of aromatic nitrogens is 2. The van der Waals surface area contributed by atoms with Crippen LogP contribution in [0.25, 0.3) is 21.9 Å². The number of anilines is 3. The maximum absolute atomic E-state index is 13.1. The van der Waals surface area contributed by atoms with Gasteiger partial charge in [0, 0.05) is 30.4 Å². The molecule has 2 N–H and O–H groups in total. The van der Waals surface area contributed by atoms with E-state index in [-0.39, 0.29) is 5.91 Å². The highest BCUT2D eigenvalue weighted by Crippen LogP contribution is 2.36. The van der Waals surface area contributed by atoms with E-state index in [1.54, 1.807) is 12.4 Å². The molecule has 0 aliphatic carbocycles. The van der Waals surface area contributed by atoms with E-state index in [9.17, 15) is 4.79 Å². The van der Waals surface area contributed by atoms with Gasteiger partial charge in [-0.05, 0) is 80.5 Å². The van der Waals surface area contributed by atoms with Crippen LogP contribution in [0.15, 0.2) is 96.0 Å². The second-order valence-corrected chi connectivity index (χ2v) is 9.26. The fourth-order valence-electron chi connectivity index (χ4n) is 4.44. The Morgan fingerprint density at radius 1 is 0.833 bits per heavy atom. The van der Waals surface area contributed by atoms with E-state index in [2.05, 4.69) is 48.7 Å². The highest BCUT2D eigenvalue weighted by atomic mass is 79.9. The van der Waals surface area contributed by atoms with Gasteiger partial charge < -0.3 is 15.4 Å². The number of nitrogens with one attached hydrogen (secondary N) is 2. The van der Waals surface area contributed by atoms with Crippen LogP contribution in [0.2, 0.25) is 0 Å². The van der Waals surface area contributed by atoms with Crippen molar-refractivity contribution in [1.82, 2.24) is 9.97 Å². The van der Waals surface area contributed by atoms with Crippen molar-refractivity contribution in [1.29, 1.82) is 0 Å². The smallest absolute Gasteiger partial charge is 0.257 e. The topological polar surface area (TPSA) is 76.1 Å². The van der Waals surface area contributed by atoms with Crippen molar-refractivity contribution in [2.45, 2.75) is 6.42 Å². The van der Waals surface area contributed by atoms with Crippen molar-refractivity contribution >= 4 is 49.7 Å². The molecule has 1 aliphatic heterocycles. The second kappa shape index (κ2) is 9.43. The van der Waals surface area contributed by atoms with Crippen molar-refractivity contribution in [2.75, 3.05) is 17.2 Å². The monoisotopic (exact) mass is 536 g/mol. The largest absolute Gasteiger partial charge is 0.490 e. The Bertz CT molecular complexity index is 1610. The first-order valence-electron chi connectivity index (χ1n) is 11.6. The minimum Gasteiger partial charge on any atom is -0.490 e. The summed E-state index contributed by atoms with van der Waals surface area (Å²) in [5.41, 5.74) is 6.15. The Kier molecular flexibility index (Phi) is 5.83. The molecule has 6 rings (SSSR count). The number of nitrogens with zero attached hydrogens (tertiary/aromatic N) is 2. The molecule has 3 heterocycles. The molecule has 0 saturated heterocycles. The number of halogens is 1. The van der Waals surface area contributed by atoms with E-state index < -0.39 is 0 Å². The lowest BCUT2D eigenvalue weighted by molar-refractivity contribution is 0.102. The van der Waals surface area contributed by atoms with Crippen molar-refractivity contribution in [3.05, 3.63) is 107 Å². The molecular formula is C29H21BrN4O2. The van der Waals surface area contributed by atoms with Crippen LogP contribution in [0.3, 0.4) is 0 Å². The molecule has 176 valence electrons. The molecule has 1 aliphatic rings. The highest BCUT2D eigenvalue weighted by molar-refractivity contribution is 9.10. The number of hydrogen-bond acceptors (Lipinski definition) is 5. The number of fused-ring (bicyclic) bond motifs is 3. The standard InChI is InChI=1S/C29H21BrN4O2/c30-28-27(5-2-12-32-28)36-14-11-18-6-9-24-26(15-18)34-29(35)23-8-7-19(16-25(23)33-24)21-4-1-3-20-17-31-13-10-22(20)21/h1-10,12-13,15-17,33H,11,14H2,(H,34,35). The summed E-state index contributed by atoms with van der Waals surface area (Å²) in [6.45, 7) is 0.495. The fourth-order valence-corrected chi connectivity index (χ4v) is 4.80. The van der Waals surface area contributed by atoms with Crippen molar-refractivity contribution in [3.8, 4) is 16.9 Å². The summed E-state index contributed by atoms with van der Waals surface area (Å²) in [7, 11) is 0. The third kappa shape index (κ3) is 4.29. The molecule has 0 saturated carbocycles. The summed E-state index contributed by atoms with van der Waals surface area (Å²) in [4.78, 5) is 21.5.